The summed E-state index contributed by atoms with van der Waals surface area (Å²) >= 11 is 0. The van der Waals surface area contributed by atoms with Crippen molar-refractivity contribution < 1.29 is 14.3 Å². The molecule has 3 amide bonds. The largest absolute Gasteiger partial charge is 0.497 e. The minimum Gasteiger partial charge on any atom is -0.497 e. The Hall–Kier alpha value is -3.80. The molecule has 0 spiro atoms. The fourth-order valence-electron chi connectivity index (χ4n) is 3.00. The quantitative estimate of drug-likeness (QED) is 0.539. The van der Waals surface area contributed by atoms with Gasteiger partial charge in [0.2, 0.25) is 0 Å². The number of carbonyl (C=O) groups excluding carboxylic acids is 2. The van der Waals surface area contributed by atoms with E-state index in [0.717, 1.165) is 16.9 Å². The van der Waals surface area contributed by atoms with E-state index in [2.05, 4.69) is 16.0 Å². The first-order chi connectivity index (χ1) is 14.6. The topological polar surface area (TPSA) is 79.5 Å². The third-order valence-corrected chi connectivity index (χ3v) is 4.67. The minimum absolute atomic E-state index is 0.220. The van der Waals surface area contributed by atoms with Crippen LogP contribution in [0.15, 0.2) is 72.8 Å². The number of hydrogen-bond donors (Lipinski definition) is 3. The number of ether oxygens (including phenoxy) is 1. The predicted octanol–water partition coefficient (Wildman–Crippen LogP) is 4.62. The molecule has 30 heavy (non-hydrogen) atoms. The molecule has 0 bridgehead atoms. The molecular formula is C24H25N3O3. The molecule has 3 rings (SSSR count). The smallest absolute Gasteiger partial charge is 0.319 e. The van der Waals surface area contributed by atoms with Crippen molar-refractivity contribution in [2.75, 3.05) is 24.3 Å². The van der Waals surface area contributed by atoms with Crippen molar-refractivity contribution in [3.8, 4) is 5.75 Å². The Morgan fingerprint density at radius 1 is 0.833 bits per heavy atom. The number of methoxy groups -OCH3 is 1. The Bertz CT molecular complexity index is 1020. The number of urea groups is 1. The molecule has 6 heteroatoms. The van der Waals surface area contributed by atoms with Gasteiger partial charge >= 0.3 is 6.03 Å². The van der Waals surface area contributed by atoms with Gasteiger partial charge in [-0.25, -0.2) is 4.79 Å². The van der Waals surface area contributed by atoms with Crippen LogP contribution in [0.25, 0.3) is 0 Å². The van der Waals surface area contributed by atoms with Gasteiger partial charge in [-0.05, 0) is 54.8 Å². The van der Waals surface area contributed by atoms with E-state index in [1.54, 1.807) is 37.4 Å². The third-order valence-electron chi connectivity index (χ3n) is 4.67. The SMILES string of the molecule is COc1ccc(CCNC(=O)Nc2ccccc2NC(=O)c2ccccc2C)cc1. The lowest BCUT2D eigenvalue weighted by atomic mass is 10.1. The molecule has 0 saturated heterocycles. The van der Waals surface area contributed by atoms with Crippen LogP contribution >= 0.6 is 0 Å². The highest BCUT2D eigenvalue weighted by Crippen LogP contribution is 2.22. The minimum atomic E-state index is -0.332. The Kier molecular flexibility index (Phi) is 7.05. The molecule has 0 aliphatic rings. The van der Waals surface area contributed by atoms with Gasteiger partial charge in [-0.1, -0.05) is 42.5 Å². The van der Waals surface area contributed by atoms with Crippen LogP contribution < -0.4 is 20.7 Å². The first-order valence-electron chi connectivity index (χ1n) is 9.70. The molecular weight excluding hydrogens is 378 g/mol. The van der Waals surface area contributed by atoms with Crippen molar-refractivity contribution >= 4 is 23.3 Å². The normalized spacial score (nSPS) is 10.2. The fourth-order valence-corrected chi connectivity index (χ4v) is 3.00. The molecule has 0 aromatic heterocycles. The van der Waals surface area contributed by atoms with Crippen LogP contribution in [-0.2, 0) is 6.42 Å². The van der Waals surface area contributed by atoms with Crippen molar-refractivity contribution in [3.05, 3.63) is 89.5 Å². The lowest BCUT2D eigenvalue weighted by molar-refractivity contribution is 0.102. The van der Waals surface area contributed by atoms with E-state index in [0.29, 0.717) is 29.9 Å². The maximum absolute atomic E-state index is 12.6. The van der Waals surface area contributed by atoms with Crippen LogP contribution in [0.1, 0.15) is 21.5 Å². The third kappa shape index (κ3) is 5.61. The summed E-state index contributed by atoms with van der Waals surface area (Å²) in [5.74, 6) is 0.580. The average molecular weight is 403 g/mol. The summed E-state index contributed by atoms with van der Waals surface area (Å²) in [4.78, 5) is 24.9. The molecule has 3 N–H and O–H groups in total. The summed E-state index contributed by atoms with van der Waals surface area (Å²) in [7, 11) is 1.63. The molecule has 0 radical (unpaired) electrons. The van der Waals surface area contributed by atoms with Crippen LogP contribution in [0.5, 0.6) is 5.75 Å². The van der Waals surface area contributed by atoms with Gasteiger partial charge in [0.1, 0.15) is 5.75 Å². The molecule has 0 fully saturated rings. The summed E-state index contributed by atoms with van der Waals surface area (Å²) in [5.41, 5.74) is 3.65. The van der Waals surface area contributed by atoms with E-state index in [1.807, 2.05) is 49.4 Å². The first-order valence-corrected chi connectivity index (χ1v) is 9.70. The summed E-state index contributed by atoms with van der Waals surface area (Å²) in [6.07, 6.45) is 0.698. The molecule has 0 aliphatic carbocycles. The van der Waals surface area contributed by atoms with Crippen molar-refractivity contribution in [2.24, 2.45) is 0 Å². The van der Waals surface area contributed by atoms with Crippen molar-refractivity contribution in [1.29, 1.82) is 0 Å². The van der Waals surface area contributed by atoms with Crippen LogP contribution in [0.4, 0.5) is 16.2 Å². The molecule has 0 atom stereocenters. The van der Waals surface area contributed by atoms with Gasteiger partial charge in [-0.3, -0.25) is 4.79 Å². The summed E-state index contributed by atoms with van der Waals surface area (Å²) in [5, 5.41) is 8.51. The van der Waals surface area contributed by atoms with Crippen molar-refractivity contribution in [1.82, 2.24) is 5.32 Å². The highest BCUT2D eigenvalue weighted by atomic mass is 16.5. The average Bonchev–Trinajstić information content (AvgIpc) is 2.76. The number of amides is 3. The van der Waals surface area contributed by atoms with Gasteiger partial charge in [-0.15, -0.1) is 0 Å². The number of para-hydroxylation sites is 2. The molecule has 154 valence electrons. The van der Waals surface area contributed by atoms with Gasteiger partial charge < -0.3 is 20.7 Å². The number of aryl methyl sites for hydroxylation is 1. The molecule has 3 aromatic carbocycles. The summed E-state index contributed by atoms with van der Waals surface area (Å²) < 4.78 is 5.14. The Balaban J connectivity index is 1.56. The number of nitrogens with one attached hydrogen (secondary N) is 3. The van der Waals surface area contributed by atoms with Crippen LogP contribution in [0.3, 0.4) is 0 Å². The maximum atomic E-state index is 12.6. The molecule has 0 unspecified atom stereocenters. The van der Waals surface area contributed by atoms with Gasteiger partial charge in [0.25, 0.3) is 5.91 Å². The standard InChI is InChI=1S/C24H25N3O3/c1-17-7-3-4-8-20(17)23(28)26-21-9-5-6-10-22(21)27-24(29)25-16-15-18-11-13-19(30-2)14-12-18/h3-14H,15-16H2,1-2H3,(H,26,28)(H2,25,27,29). The second-order valence-corrected chi connectivity index (χ2v) is 6.79. The second kappa shape index (κ2) is 10.1. The Morgan fingerprint density at radius 2 is 1.47 bits per heavy atom. The zero-order valence-electron chi connectivity index (χ0n) is 17.1. The van der Waals surface area contributed by atoms with Crippen molar-refractivity contribution in [2.45, 2.75) is 13.3 Å². The summed E-state index contributed by atoms with van der Waals surface area (Å²) in [6.45, 7) is 2.37. The van der Waals surface area contributed by atoms with Gasteiger partial charge in [-0.2, -0.15) is 0 Å². The fraction of sp³-hybridized carbons (Fsp3) is 0.167. The lowest BCUT2D eigenvalue weighted by Gasteiger charge is -2.14. The number of hydrogen-bond acceptors (Lipinski definition) is 3. The predicted molar refractivity (Wildman–Crippen MR) is 119 cm³/mol. The van der Waals surface area contributed by atoms with E-state index in [9.17, 15) is 9.59 Å². The van der Waals surface area contributed by atoms with Crippen LogP contribution in [-0.4, -0.2) is 25.6 Å². The highest BCUT2D eigenvalue weighted by molar-refractivity contribution is 6.07. The highest BCUT2D eigenvalue weighted by Gasteiger charge is 2.12. The molecule has 6 nitrogen and oxygen atoms in total. The van der Waals surface area contributed by atoms with E-state index < -0.39 is 0 Å². The first kappa shape index (κ1) is 20.9. The number of rotatable bonds is 7. The van der Waals surface area contributed by atoms with Crippen LogP contribution in [0.2, 0.25) is 0 Å². The Morgan fingerprint density at radius 3 is 2.13 bits per heavy atom. The monoisotopic (exact) mass is 403 g/mol. The van der Waals surface area contributed by atoms with Gasteiger partial charge in [0.15, 0.2) is 0 Å². The number of carbonyl (C=O) groups is 2. The maximum Gasteiger partial charge on any atom is 0.319 e. The van der Waals surface area contributed by atoms with E-state index in [4.69, 9.17) is 4.74 Å². The molecule has 3 aromatic rings. The zero-order valence-corrected chi connectivity index (χ0v) is 17.1. The number of benzene rings is 3. The molecule has 0 saturated carbocycles. The second-order valence-electron chi connectivity index (χ2n) is 6.79. The van der Waals surface area contributed by atoms with E-state index in [-0.39, 0.29) is 11.9 Å². The van der Waals surface area contributed by atoms with E-state index in [1.165, 1.54) is 0 Å². The number of anilines is 2. The van der Waals surface area contributed by atoms with Crippen LogP contribution in [0, 0.1) is 6.92 Å². The van der Waals surface area contributed by atoms with E-state index >= 15 is 0 Å². The lowest BCUT2D eigenvalue weighted by Crippen LogP contribution is -2.30. The summed E-state index contributed by atoms with van der Waals surface area (Å²) in [6, 6.07) is 21.9. The molecule has 0 heterocycles. The van der Waals surface area contributed by atoms with Crippen molar-refractivity contribution in [3.63, 3.8) is 0 Å². The molecule has 0 aliphatic heterocycles. The van der Waals surface area contributed by atoms with Gasteiger partial charge in [0, 0.05) is 12.1 Å². The zero-order chi connectivity index (χ0) is 21.3. The van der Waals surface area contributed by atoms with Gasteiger partial charge in [0.05, 0.1) is 18.5 Å². The Labute approximate surface area is 176 Å².